The number of hydrogen-bond donors (Lipinski definition) is 1. The van der Waals surface area contributed by atoms with Gasteiger partial charge in [-0.1, -0.05) is 18.2 Å². The molecule has 2 aromatic rings. The topological polar surface area (TPSA) is 84.9 Å². The van der Waals surface area contributed by atoms with Crippen molar-refractivity contribution in [2.24, 2.45) is 0 Å². The van der Waals surface area contributed by atoms with Crippen LogP contribution in [0.2, 0.25) is 0 Å². The molecule has 7 nitrogen and oxygen atoms in total. The van der Waals surface area contributed by atoms with Crippen LogP contribution < -0.4 is 14.2 Å². The number of para-hydroxylation sites is 1. The molecule has 0 radical (unpaired) electrons. The van der Waals surface area contributed by atoms with Crippen molar-refractivity contribution in [3.8, 4) is 22.6 Å². The maximum atomic E-state index is 12.7. The monoisotopic (exact) mass is 404 g/mol. The third-order valence-electron chi connectivity index (χ3n) is 4.86. The van der Waals surface area contributed by atoms with Gasteiger partial charge in [0.1, 0.15) is 0 Å². The molecule has 0 aromatic heterocycles. The van der Waals surface area contributed by atoms with Crippen molar-refractivity contribution < 1.29 is 22.7 Å². The van der Waals surface area contributed by atoms with Crippen LogP contribution in [0.25, 0.3) is 11.1 Å². The van der Waals surface area contributed by atoms with Gasteiger partial charge in [0.05, 0.1) is 19.1 Å². The summed E-state index contributed by atoms with van der Waals surface area (Å²) in [6.07, 6.45) is 0.174. The number of likely N-dealkylation sites (tertiary alicyclic amines) is 1. The Hall–Kier alpha value is -2.58. The van der Waals surface area contributed by atoms with Crippen LogP contribution in [-0.4, -0.2) is 53.1 Å². The number of sulfonamides is 1. The number of nitrogens with zero attached hydrogens (tertiary/aromatic N) is 1. The van der Waals surface area contributed by atoms with E-state index in [0.717, 1.165) is 16.7 Å². The Bertz CT molecular complexity index is 1000. The van der Waals surface area contributed by atoms with Crippen LogP contribution in [0, 0.1) is 6.92 Å². The van der Waals surface area contributed by atoms with E-state index in [-0.39, 0.29) is 17.2 Å². The molecule has 8 heteroatoms. The van der Waals surface area contributed by atoms with Crippen LogP contribution in [0.1, 0.15) is 12.0 Å². The number of benzene rings is 2. The second-order valence-electron chi connectivity index (χ2n) is 6.81. The van der Waals surface area contributed by atoms with E-state index in [1.807, 2.05) is 19.1 Å². The van der Waals surface area contributed by atoms with Crippen molar-refractivity contribution >= 4 is 15.9 Å². The Morgan fingerprint density at radius 1 is 1.11 bits per heavy atom. The number of nitrogens with one attached hydrogen (secondary N) is 1. The minimum absolute atomic E-state index is 0.0654. The zero-order chi connectivity index (χ0) is 20.5. The Balaban J connectivity index is 1.92. The molecule has 150 valence electrons. The number of aryl methyl sites for hydroxylation is 1. The van der Waals surface area contributed by atoms with Gasteiger partial charge < -0.3 is 14.4 Å². The van der Waals surface area contributed by atoms with Crippen LogP contribution in [0.3, 0.4) is 0 Å². The normalized spacial score (nSPS) is 17.1. The first-order valence-corrected chi connectivity index (χ1v) is 10.3. The van der Waals surface area contributed by atoms with E-state index in [9.17, 15) is 13.2 Å². The van der Waals surface area contributed by atoms with E-state index < -0.39 is 16.1 Å². The predicted octanol–water partition coefficient (Wildman–Crippen LogP) is 2.19. The van der Waals surface area contributed by atoms with E-state index >= 15 is 0 Å². The molecule has 28 heavy (non-hydrogen) atoms. The van der Waals surface area contributed by atoms with Crippen molar-refractivity contribution in [3.05, 3.63) is 42.0 Å². The molecule has 1 atom stereocenters. The van der Waals surface area contributed by atoms with Crippen molar-refractivity contribution in [1.82, 2.24) is 9.62 Å². The smallest absolute Gasteiger partial charge is 0.240 e. The highest BCUT2D eigenvalue weighted by Crippen LogP contribution is 2.39. The molecule has 2 aromatic carbocycles. The second-order valence-corrected chi connectivity index (χ2v) is 8.53. The predicted molar refractivity (Wildman–Crippen MR) is 106 cm³/mol. The zero-order valence-electron chi connectivity index (χ0n) is 16.4. The fourth-order valence-electron chi connectivity index (χ4n) is 3.43. The minimum Gasteiger partial charge on any atom is -0.493 e. The number of amides is 1. The summed E-state index contributed by atoms with van der Waals surface area (Å²) in [6.45, 7) is 2.22. The highest BCUT2D eigenvalue weighted by Gasteiger charge is 2.30. The highest BCUT2D eigenvalue weighted by molar-refractivity contribution is 7.89. The van der Waals surface area contributed by atoms with Gasteiger partial charge in [-0.05, 0) is 36.2 Å². The standard InChI is InChI=1S/C20H24N2O5S/c1-13-10-15(28(24,25)21-14-11-19(23)22(2)12-14)8-9-16(13)17-6-5-7-18(26-3)20(17)27-4/h5-10,14,21H,11-12H2,1-4H3. The first-order chi connectivity index (χ1) is 13.3. The maximum Gasteiger partial charge on any atom is 0.240 e. The molecular weight excluding hydrogens is 380 g/mol. The molecule has 0 spiro atoms. The summed E-state index contributed by atoms with van der Waals surface area (Å²) in [4.78, 5) is 13.3. The molecule has 1 unspecified atom stereocenters. The molecule has 0 aliphatic carbocycles. The van der Waals surface area contributed by atoms with Gasteiger partial charge in [-0.3, -0.25) is 4.79 Å². The van der Waals surface area contributed by atoms with Gasteiger partial charge >= 0.3 is 0 Å². The van der Waals surface area contributed by atoms with Crippen molar-refractivity contribution in [3.63, 3.8) is 0 Å². The summed E-state index contributed by atoms with van der Waals surface area (Å²) in [6, 6.07) is 10.1. The number of carbonyl (C=O) groups is 1. The molecule has 1 fully saturated rings. The van der Waals surface area contributed by atoms with Crippen LogP contribution in [0.5, 0.6) is 11.5 Å². The summed E-state index contributed by atoms with van der Waals surface area (Å²) in [5.41, 5.74) is 2.46. The van der Waals surface area contributed by atoms with Gasteiger partial charge in [-0.2, -0.15) is 0 Å². The molecule has 0 saturated carbocycles. The lowest BCUT2D eigenvalue weighted by molar-refractivity contribution is -0.126. The summed E-state index contributed by atoms with van der Waals surface area (Å²) in [5, 5.41) is 0. The van der Waals surface area contributed by atoms with Gasteiger partial charge in [0.25, 0.3) is 0 Å². The van der Waals surface area contributed by atoms with Crippen LogP contribution >= 0.6 is 0 Å². The van der Waals surface area contributed by atoms with Crippen LogP contribution in [-0.2, 0) is 14.8 Å². The minimum atomic E-state index is -3.73. The Kier molecular flexibility index (Phi) is 5.62. The van der Waals surface area contributed by atoms with E-state index in [1.54, 1.807) is 45.5 Å². The van der Waals surface area contributed by atoms with Crippen LogP contribution in [0.4, 0.5) is 0 Å². The van der Waals surface area contributed by atoms with Crippen molar-refractivity contribution in [2.45, 2.75) is 24.3 Å². The van der Waals surface area contributed by atoms with E-state index in [1.165, 1.54) is 4.90 Å². The Labute approximate surface area is 165 Å². The molecule has 3 rings (SSSR count). The third-order valence-corrected chi connectivity index (χ3v) is 6.38. The number of rotatable bonds is 6. The Morgan fingerprint density at radius 2 is 1.86 bits per heavy atom. The van der Waals surface area contributed by atoms with E-state index in [2.05, 4.69) is 4.72 Å². The lowest BCUT2D eigenvalue weighted by Gasteiger charge is -2.16. The van der Waals surface area contributed by atoms with Crippen molar-refractivity contribution in [2.75, 3.05) is 27.8 Å². The fraction of sp³-hybridized carbons (Fsp3) is 0.350. The average Bonchev–Trinajstić information content (AvgIpc) is 2.97. The molecule has 1 saturated heterocycles. The molecular formula is C20H24N2O5S. The average molecular weight is 404 g/mol. The van der Waals surface area contributed by atoms with Gasteiger partial charge in [0.2, 0.25) is 15.9 Å². The number of hydrogen-bond acceptors (Lipinski definition) is 5. The maximum absolute atomic E-state index is 12.7. The first kappa shape index (κ1) is 20.2. The molecule has 1 heterocycles. The summed E-state index contributed by atoms with van der Waals surface area (Å²) in [5.74, 6) is 1.13. The van der Waals surface area contributed by atoms with Gasteiger partial charge in [0, 0.05) is 31.6 Å². The molecule has 1 amide bonds. The van der Waals surface area contributed by atoms with Crippen LogP contribution in [0.15, 0.2) is 41.3 Å². The Morgan fingerprint density at radius 3 is 2.43 bits per heavy atom. The summed E-state index contributed by atoms with van der Waals surface area (Å²) < 4.78 is 38.9. The molecule has 1 aliphatic rings. The molecule has 1 N–H and O–H groups in total. The fourth-order valence-corrected chi connectivity index (χ4v) is 4.75. The van der Waals surface area contributed by atoms with Gasteiger partial charge in [-0.25, -0.2) is 13.1 Å². The zero-order valence-corrected chi connectivity index (χ0v) is 17.2. The quantitative estimate of drug-likeness (QED) is 0.798. The number of carbonyl (C=O) groups excluding carboxylic acids is 1. The largest absolute Gasteiger partial charge is 0.493 e. The van der Waals surface area contributed by atoms with E-state index in [0.29, 0.717) is 18.0 Å². The lowest BCUT2D eigenvalue weighted by atomic mass is 9.99. The number of ether oxygens (including phenoxy) is 2. The summed E-state index contributed by atoms with van der Waals surface area (Å²) >= 11 is 0. The van der Waals surface area contributed by atoms with Gasteiger partial charge in [-0.15, -0.1) is 0 Å². The third kappa shape index (κ3) is 3.83. The second kappa shape index (κ2) is 7.81. The first-order valence-electron chi connectivity index (χ1n) is 8.85. The summed E-state index contributed by atoms with van der Waals surface area (Å²) in [7, 11) is 1.08. The van der Waals surface area contributed by atoms with Crippen molar-refractivity contribution in [1.29, 1.82) is 0 Å². The lowest BCUT2D eigenvalue weighted by Crippen LogP contribution is -2.36. The molecule has 0 bridgehead atoms. The number of methoxy groups -OCH3 is 2. The van der Waals surface area contributed by atoms with E-state index in [4.69, 9.17) is 9.47 Å². The number of likely N-dealkylation sites (N-methyl/N-ethyl adjacent to an activating group) is 1. The molecule has 1 aliphatic heterocycles. The highest BCUT2D eigenvalue weighted by atomic mass is 32.2. The van der Waals surface area contributed by atoms with Gasteiger partial charge in [0.15, 0.2) is 11.5 Å². The SMILES string of the molecule is COc1cccc(-c2ccc(S(=O)(=O)NC3CC(=O)N(C)C3)cc2C)c1OC.